The van der Waals surface area contributed by atoms with Crippen molar-refractivity contribution in [3.8, 4) is 11.5 Å². The van der Waals surface area contributed by atoms with Crippen LogP contribution in [0.15, 0.2) is 30.5 Å². The number of ether oxygens (including phenoxy) is 2. The summed E-state index contributed by atoms with van der Waals surface area (Å²) < 4.78 is 13.0. The van der Waals surface area contributed by atoms with Crippen molar-refractivity contribution in [1.82, 2.24) is 9.78 Å². The Kier molecular flexibility index (Phi) is 5.26. The summed E-state index contributed by atoms with van der Waals surface area (Å²) in [6.07, 6.45) is 4.17. The Morgan fingerprint density at radius 2 is 1.96 bits per heavy atom. The molecule has 1 aromatic carbocycles. The van der Waals surface area contributed by atoms with Gasteiger partial charge < -0.3 is 14.8 Å². The molecule has 1 fully saturated rings. The normalized spacial score (nSPS) is 14.8. The Labute approximate surface area is 148 Å². The van der Waals surface area contributed by atoms with Crippen LogP contribution in [0.5, 0.6) is 11.5 Å². The minimum Gasteiger partial charge on any atom is -0.490 e. The molecule has 1 aliphatic carbocycles. The second-order valence-electron chi connectivity index (χ2n) is 6.22. The quantitative estimate of drug-likeness (QED) is 0.789. The molecule has 1 saturated carbocycles. The Hall–Kier alpha value is -2.50. The van der Waals surface area contributed by atoms with E-state index in [2.05, 4.69) is 17.3 Å². The Morgan fingerprint density at radius 3 is 2.64 bits per heavy atom. The highest BCUT2D eigenvalue weighted by Gasteiger charge is 2.30. The summed E-state index contributed by atoms with van der Waals surface area (Å²) >= 11 is 0. The molecule has 6 heteroatoms. The molecule has 1 aromatic heterocycles. The monoisotopic (exact) mass is 343 g/mol. The molecule has 0 spiro atoms. The first-order chi connectivity index (χ1) is 12.1. The summed E-state index contributed by atoms with van der Waals surface area (Å²) in [5.41, 5.74) is 0.527. The van der Waals surface area contributed by atoms with Crippen molar-refractivity contribution in [2.24, 2.45) is 5.92 Å². The Balaban J connectivity index is 1.77. The molecule has 25 heavy (non-hydrogen) atoms. The topological polar surface area (TPSA) is 65.4 Å². The van der Waals surface area contributed by atoms with E-state index in [1.54, 1.807) is 24.4 Å². The van der Waals surface area contributed by atoms with Gasteiger partial charge in [0.05, 0.1) is 25.5 Å². The number of aromatic nitrogens is 2. The van der Waals surface area contributed by atoms with Crippen LogP contribution in [0.4, 0.5) is 5.82 Å². The van der Waals surface area contributed by atoms with Gasteiger partial charge in [-0.25, -0.2) is 4.68 Å². The van der Waals surface area contributed by atoms with Gasteiger partial charge in [0, 0.05) is 11.6 Å². The molecule has 1 heterocycles. The SMILES string of the molecule is CCOc1ccc(C(=O)Nc2ccnn2C(C)C2CC2)cc1OCC. The predicted molar refractivity (Wildman–Crippen MR) is 96.4 cm³/mol. The zero-order valence-electron chi connectivity index (χ0n) is 15.0. The zero-order valence-corrected chi connectivity index (χ0v) is 15.0. The van der Waals surface area contributed by atoms with E-state index < -0.39 is 0 Å². The molecule has 1 aliphatic rings. The van der Waals surface area contributed by atoms with Gasteiger partial charge in [0.25, 0.3) is 5.91 Å². The third-order valence-electron chi connectivity index (χ3n) is 4.41. The van der Waals surface area contributed by atoms with Gasteiger partial charge in [0.2, 0.25) is 0 Å². The maximum absolute atomic E-state index is 12.6. The number of nitrogens with one attached hydrogen (secondary N) is 1. The van der Waals surface area contributed by atoms with Crippen LogP contribution in [0.1, 0.15) is 50.0 Å². The molecule has 1 amide bonds. The van der Waals surface area contributed by atoms with Crippen LogP contribution in [-0.2, 0) is 0 Å². The van der Waals surface area contributed by atoms with Crippen LogP contribution in [0.2, 0.25) is 0 Å². The lowest BCUT2D eigenvalue weighted by atomic mass is 10.2. The highest BCUT2D eigenvalue weighted by atomic mass is 16.5. The van der Waals surface area contributed by atoms with E-state index in [1.165, 1.54) is 12.8 Å². The molecule has 0 radical (unpaired) electrons. The first-order valence-electron chi connectivity index (χ1n) is 8.88. The standard InChI is InChI=1S/C19H25N3O3/c1-4-24-16-9-8-15(12-17(16)25-5-2)19(23)21-18-10-11-20-22(18)13(3)14-6-7-14/h8-14H,4-7H2,1-3H3,(H,21,23). The van der Waals surface area contributed by atoms with Gasteiger partial charge in [0.1, 0.15) is 5.82 Å². The van der Waals surface area contributed by atoms with Crippen molar-refractivity contribution in [3.05, 3.63) is 36.0 Å². The van der Waals surface area contributed by atoms with Crippen molar-refractivity contribution >= 4 is 11.7 Å². The van der Waals surface area contributed by atoms with Crippen molar-refractivity contribution in [1.29, 1.82) is 0 Å². The summed E-state index contributed by atoms with van der Waals surface area (Å²) in [4.78, 5) is 12.6. The molecule has 0 aliphatic heterocycles. The van der Waals surface area contributed by atoms with Crippen LogP contribution >= 0.6 is 0 Å². The minimum absolute atomic E-state index is 0.186. The van der Waals surface area contributed by atoms with E-state index >= 15 is 0 Å². The smallest absolute Gasteiger partial charge is 0.256 e. The average Bonchev–Trinajstić information content (AvgIpc) is 3.36. The first kappa shape index (κ1) is 17.3. The number of hydrogen-bond acceptors (Lipinski definition) is 4. The Bertz CT molecular complexity index is 737. The zero-order chi connectivity index (χ0) is 17.8. The fourth-order valence-corrected chi connectivity index (χ4v) is 2.90. The number of carbonyl (C=O) groups excluding carboxylic acids is 1. The second kappa shape index (κ2) is 7.59. The van der Waals surface area contributed by atoms with Gasteiger partial charge in [0.15, 0.2) is 11.5 Å². The number of anilines is 1. The van der Waals surface area contributed by atoms with E-state index in [-0.39, 0.29) is 5.91 Å². The lowest BCUT2D eigenvalue weighted by Gasteiger charge is -2.16. The van der Waals surface area contributed by atoms with Crippen LogP contribution in [0.3, 0.4) is 0 Å². The molecule has 1 unspecified atom stereocenters. The van der Waals surface area contributed by atoms with E-state index in [0.29, 0.717) is 42.2 Å². The number of rotatable bonds is 8. The predicted octanol–water partition coefficient (Wildman–Crippen LogP) is 3.90. The van der Waals surface area contributed by atoms with E-state index in [9.17, 15) is 4.79 Å². The molecule has 2 aromatic rings. The lowest BCUT2D eigenvalue weighted by Crippen LogP contribution is -2.18. The fraction of sp³-hybridized carbons (Fsp3) is 0.474. The van der Waals surface area contributed by atoms with E-state index in [4.69, 9.17) is 9.47 Å². The van der Waals surface area contributed by atoms with E-state index in [1.807, 2.05) is 24.6 Å². The number of amides is 1. The van der Waals surface area contributed by atoms with Crippen LogP contribution < -0.4 is 14.8 Å². The molecule has 134 valence electrons. The van der Waals surface area contributed by atoms with Crippen LogP contribution in [-0.4, -0.2) is 28.9 Å². The summed E-state index contributed by atoms with van der Waals surface area (Å²) in [6, 6.07) is 7.36. The van der Waals surface area contributed by atoms with Crippen molar-refractivity contribution < 1.29 is 14.3 Å². The van der Waals surface area contributed by atoms with Crippen LogP contribution in [0.25, 0.3) is 0 Å². The van der Waals surface area contributed by atoms with Gasteiger partial charge in [-0.05, 0) is 57.7 Å². The van der Waals surface area contributed by atoms with Gasteiger partial charge >= 0.3 is 0 Å². The highest BCUT2D eigenvalue weighted by Crippen LogP contribution is 2.40. The molecule has 1 N–H and O–H groups in total. The second-order valence-corrected chi connectivity index (χ2v) is 6.22. The van der Waals surface area contributed by atoms with Gasteiger partial charge in [-0.1, -0.05) is 0 Å². The van der Waals surface area contributed by atoms with Gasteiger partial charge in [-0.15, -0.1) is 0 Å². The minimum atomic E-state index is -0.186. The largest absolute Gasteiger partial charge is 0.490 e. The Morgan fingerprint density at radius 1 is 1.24 bits per heavy atom. The first-order valence-corrected chi connectivity index (χ1v) is 8.88. The lowest BCUT2D eigenvalue weighted by molar-refractivity contribution is 0.102. The summed E-state index contributed by atoms with van der Waals surface area (Å²) in [7, 11) is 0. The fourth-order valence-electron chi connectivity index (χ4n) is 2.90. The van der Waals surface area contributed by atoms with Crippen molar-refractivity contribution in [3.63, 3.8) is 0 Å². The van der Waals surface area contributed by atoms with Crippen molar-refractivity contribution in [2.45, 2.75) is 39.7 Å². The summed E-state index contributed by atoms with van der Waals surface area (Å²) in [5, 5.41) is 7.32. The molecule has 1 atom stereocenters. The number of carbonyl (C=O) groups is 1. The molecular formula is C19H25N3O3. The molecule has 3 rings (SSSR count). The van der Waals surface area contributed by atoms with Crippen LogP contribution in [0, 0.1) is 5.92 Å². The summed E-state index contributed by atoms with van der Waals surface area (Å²) in [5.74, 6) is 2.42. The van der Waals surface area contributed by atoms with Crippen molar-refractivity contribution in [2.75, 3.05) is 18.5 Å². The maximum atomic E-state index is 12.6. The maximum Gasteiger partial charge on any atom is 0.256 e. The average molecular weight is 343 g/mol. The third kappa shape index (κ3) is 3.95. The molecular weight excluding hydrogens is 318 g/mol. The third-order valence-corrected chi connectivity index (χ3v) is 4.41. The van der Waals surface area contributed by atoms with E-state index in [0.717, 1.165) is 5.82 Å². The number of hydrogen-bond donors (Lipinski definition) is 1. The number of nitrogens with zero attached hydrogens (tertiary/aromatic N) is 2. The number of benzene rings is 1. The molecule has 0 saturated heterocycles. The molecule has 0 bridgehead atoms. The highest BCUT2D eigenvalue weighted by molar-refractivity contribution is 6.04. The van der Waals surface area contributed by atoms with Gasteiger partial charge in [-0.2, -0.15) is 5.10 Å². The molecule has 6 nitrogen and oxygen atoms in total. The summed E-state index contributed by atoms with van der Waals surface area (Å²) in [6.45, 7) is 7.02. The van der Waals surface area contributed by atoms with Gasteiger partial charge in [-0.3, -0.25) is 4.79 Å².